The second kappa shape index (κ2) is 7.85. The van der Waals surface area contributed by atoms with Crippen molar-refractivity contribution in [3.63, 3.8) is 0 Å². The number of para-hydroxylation sites is 1. The summed E-state index contributed by atoms with van der Waals surface area (Å²) in [4.78, 5) is 11.7. The highest BCUT2D eigenvalue weighted by Gasteiger charge is 2.30. The average molecular weight is 442 g/mol. The smallest absolute Gasteiger partial charge is 0.229 e. The van der Waals surface area contributed by atoms with Crippen molar-refractivity contribution in [3.05, 3.63) is 64.8 Å². The summed E-state index contributed by atoms with van der Waals surface area (Å²) in [5.41, 5.74) is 8.10. The number of nitrogens with one attached hydrogen (secondary N) is 2. The third kappa shape index (κ3) is 3.93. The van der Waals surface area contributed by atoms with Gasteiger partial charge >= 0.3 is 0 Å². The summed E-state index contributed by atoms with van der Waals surface area (Å²) in [7, 11) is 4.08. The van der Waals surface area contributed by atoms with Crippen LogP contribution in [0.4, 0.5) is 23.1 Å². The lowest BCUT2D eigenvalue weighted by atomic mass is 9.78. The van der Waals surface area contributed by atoms with Crippen molar-refractivity contribution < 1.29 is 0 Å². The van der Waals surface area contributed by atoms with Gasteiger partial charge in [-0.05, 0) is 55.3 Å². The quantitative estimate of drug-likeness (QED) is 0.454. The van der Waals surface area contributed by atoms with Crippen LogP contribution in [0.1, 0.15) is 36.1 Å². The van der Waals surface area contributed by atoms with Gasteiger partial charge in [0, 0.05) is 43.1 Å². The number of benzene rings is 2. The first-order chi connectivity index (χ1) is 15.7. The van der Waals surface area contributed by atoms with Gasteiger partial charge in [-0.25, -0.2) is 9.67 Å². The minimum atomic E-state index is 0.143. The molecular formula is C26H31N7. The zero-order chi connectivity index (χ0) is 23.3. The van der Waals surface area contributed by atoms with Gasteiger partial charge in [0.25, 0.3) is 0 Å². The predicted octanol–water partition coefficient (Wildman–Crippen LogP) is 5.19. The van der Waals surface area contributed by atoms with Gasteiger partial charge in [0.15, 0.2) is 11.5 Å². The molecule has 0 aliphatic carbocycles. The largest absolute Gasteiger partial charge is 0.338 e. The molecule has 2 aromatic carbocycles. The third-order valence-electron chi connectivity index (χ3n) is 6.50. The first-order valence-corrected chi connectivity index (χ1v) is 11.3. The minimum Gasteiger partial charge on any atom is -0.338 e. The number of rotatable bonds is 4. The van der Waals surface area contributed by atoms with Crippen molar-refractivity contribution in [1.29, 1.82) is 0 Å². The molecule has 4 aromatic rings. The lowest BCUT2D eigenvalue weighted by molar-refractivity contribution is 0.236. The van der Waals surface area contributed by atoms with E-state index in [2.05, 4.69) is 96.8 Å². The Bertz CT molecular complexity index is 1330. The summed E-state index contributed by atoms with van der Waals surface area (Å²) in [6.07, 6.45) is 1.84. The Balaban J connectivity index is 1.44. The summed E-state index contributed by atoms with van der Waals surface area (Å²) in [5.74, 6) is 1.32. The number of fused-ring (bicyclic) bond motifs is 2. The van der Waals surface area contributed by atoms with Crippen LogP contribution in [-0.4, -0.2) is 38.2 Å². The maximum absolute atomic E-state index is 4.76. The fourth-order valence-electron chi connectivity index (χ4n) is 5.02. The highest BCUT2D eigenvalue weighted by Crippen LogP contribution is 2.35. The topological polar surface area (TPSA) is 70.9 Å². The molecular weight excluding hydrogens is 410 g/mol. The van der Waals surface area contributed by atoms with Crippen LogP contribution in [0, 0.1) is 13.8 Å². The number of nitrogens with zero attached hydrogens (tertiary/aromatic N) is 5. The number of anilines is 4. The monoisotopic (exact) mass is 441 g/mol. The molecule has 2 aromatic heterocycles. The minimum absolute atomic E-state index is 0.143. The molecule has 7 nitrogen and oxygen atoms in total. The van der Waals surface area contributed by atoms with Gasteiger partial charge in [-0.2, -0.15) is 10.1 Å². The molecule has 0 radical (unpaired) electrons. The molecule has 0 atom stereocenters. The maximum Gasteiger partial charge on any atom is 0.229 e. The van der Waals surface area contributed by atoms with E-state index in [1.165, 1.54) is 22.3 Å². The molecule has 1 aliphatic heterocycles. The van der Waals surface area contributed by atoms with E-state index in [1.807, 2.05) is 13.2 Å². The van der Waals surface area contributed by atoms with Crippen LogP contribution in [0.2, 0.25) is 0 Å². The molecule has 170 valence electrons. The molecule has 3 heterocycles. The van der Waals surface area contributed by atoms with Crippen molar-refractivity contribution >= 4 is 34.2 Å². The lowest BCUT2D eigenvalue weighted by Gasteiger charge is -2.38. The molecule has 5 rings (SSSR count). The molecule has 0 amide bonds. The summed E-state index contributed by atoms with van der Waals surface area (Å²) in [5, 5.41) is 12.4. The molecule has 0 unspecified atom stereocenters. The number of aryl methyl sites for hydroxylation is 3. The zero-order valence-corrected chi connectivity index (χ0v) is 20.2. The predicted molar refractivity (Wildman–Crippen MR) is 135 cm³/mol. The van der Waals surface area contributed by atoms with Crippen LogP contribution < -0.4 is 10.6 Å². The average Bonchev–Trinajstić information content (AvgIpc) is 3.05. The van der Waals surface area contributed by atoms with Crippen molar-refractivity contribution in [3.8, 4) is 0 Å². The van der Waals surface area contributed by atoms with E-state index in [4.69, 9.17) is 4.98 Å². The number of hydrogen-bond acceptors (Lipinski definition) is 6. The SMILES string of the molecule is Cc1cccc(C)c1Nc1nn(C)c2nc(Nc3ccc4c(c3)CN(C)CC4(C)C)ncc12. The molecule has 0 spiro atoms. The standard InChI is InChI=1S/C26H31N7/c1-16-8-7-9-17(2)22(16)29-23-20-13-27-25(30-24(20)33(6)31-23)28-19-10-11-21-18(12-19)14-32(5)15-26(21,3)4/h7-13H,14-15H2,1-6H3,(H,29,31)(H,27,28,30). The highest BCUT2D eigenvalue weighted by atomic mass is 15.3. The van der Waals surface area contributed by atoms with Crippen LogP contribution in [0.15, 0.2) is 42.6 Å². The fourth-order valence-corrected chi connectivity index (χ4v) is 5.02. The van der Waals surface area contributed by atoms with Gasteiger partial charge < -0.3 is 15.5 Å². The number of hydrogen-bond donors (Lipinski definition) is 2. The lowest BCUT2D eigenvalue weighted by Crippen LogP contribution is -2.39. The normalized spacial score (nSPS) is 15.5. The molecule has 33 heavy (non-hydrogen) atoms. The van der Waals surface area contributed by atoms with Crippen molar-refractivity contribution in [2.45, 2.75) is 39.7 Å². The molecule has 0 bridgehead atoms. The van der Waals surface area contributed by atoms with Gasteiger partial charge in [0.05, 0.1) is 5.39 Å². The van der Waals surface area contributed by atoms with E-state index in [0.29, 0.717) is 5.95 Å². The van der Waals surface area contributed by atoms with Crippen LogP contribution in [0.5, 0.6) is 0 Å². The van der Waals surface area contributed by atoms with Crippen molar-refractivity contribution in [2.75, 3.05) is 24.2 Å². The van der Waals surface area contributed by atoms with Crippen LogP contribution in [0.3, 0.4) is 0 Å². The molecule has 0 saturated carbocycles. The van der Waals surface area contributed by atoms with E-state index in [9.17, 15) is 0 Å². The first-order valence-electron chi connectivity index (χ1n) is 11.3. The zero-order valence-electron chi connectivity index (χ0n) is 20.2. The molecule has 1 aliphatic rings. The second-order valence-electron chi connectivity index (χ2n) is 9.85. The van der Waals surface area contributed by atoms with Crippen molar-refractivity contribution in [2.24, 2.45) is 7.05 Å². The van der Waals surface area contributed by atoms with E-state index in [1.54, 1.807) is 4.68 Å². The fraction of sp³-hybridized carbons (Fsp3) is 0.346. The summed E-state index contributed by atoms with van der Waals surface area (Å²) in [6.45, 7) is 10.8. The van der Waals surface area contributed by atoms with Gasteiger partial charge in [0.2, 0.25) is 5.95 Å². The Morgan fingerprint density at radius 2 is 1.76 bits per heavy atom. The Morgan fingerprint density at radius 1 is 1.00 bits per heavy atom. The third-order valence-corrected chi connectivity index (χ3v) is 6.50. The van der Waals surface area contributed by atoms with Crippen LogP contribution >= 0.6 is 0 Å². The summed E-state index contributed by atoms with van der Waals surface area (Å²) in [6, 6.07) is 12.8. The van der Waals surface area contributed by atoms with E-state index >= 15 is 0 Å². The Morgan fingerprint density at radius 3 is 2.52 bits per heavy atom. The number of likely N-dealkylation sites (N-methyl/N-ethyl adjacent to an activating group) is 1. The van der Waals surface area contributed by atoms with E-state index in [-0.39, 0.29) is 5.41 Å². The maximum atomic E-state index is 4.76. The summed E-state index contributed by atoms with van der Waals surface area (Å²) >= 11 is 0. The second-order valence-corrected chi connectivity index (χ2v) is 9.85. The Hall–Kier alpha value is -3.45. The van der Waals surface area contributed by atoms with Gasteiger partial charge in [-0.15, -0.1) is 0 Å². The Labute approximate surface area is 194 Å². The molecule has 7 heteroatoms. The van der Waals surface area contributed by atoms with Gasteiger partial charge in [-0.3, -0.25) is 0 Å². The van der Waals surface area contributed by atoms with Crippen LogP contribution in [-0.2, 0) is 19.0 Å². The molecule has 2 N–H and O–H groups in total. The van der Waals surface area contributed by atoms with Crippen molar-refractivity contribution in [1.82, 2.24) is 24.6 Å². The molecule has 0 saturated heterocycles. The van der Waals surface area contributed by atoms with Gasteiger partial charge in [-0.1, -0.05) is 38.1 Å². The van der Waals surface area contributed by atoms with E-state index in [0.717, 1.165) is 41.3 Å². The first kappa shape index (κ1) is 21.4. The van der Waals surface area contributed by atoms with E-state index < -0.39 is 0 Å². The number of aromatic nitrogens is 4. The molecule has 0 fully saturated rings. The Kier molecular flexibility index (Phi) is 5.09. The highest BCUT2D eigenvalue weighted by molar-refractivity contribution is 5.90. The van der Waals surface area contributed by atoms with Crippen LogP contribution in [0.25, 0.3) is 11.0 Å². The van der Waals surface area contributed by atoms with Gasteiger partial charge in [0.1, 0.15) is 0 Å². The summed E-state index contributed by atoms with van der Waals surface area (Å²) < 4.78 is 1.79.